The maximum absolute atomic E-state index is 12.2. The van der Waals surface area contributed by atoms with Crippen LogP contribution in [0.25, 0.3) is 0 Å². The van der Waals surface area contributed by atoms with Crippen LogP contribution in [-0.2, 0) is 11.2 Å². The van der Waals surface area contributed by atoms with Gasteiger partial charge in [0, 0.05) is 17.7 Å². The molecule has 0 fully saturated rings. The van der Waals surface area contributed by atoms with Gasteiger partial charge >= 0.3 is 0 Å². The van der Waals surface area contributed by atoms with Crippen molar-refractivity contribution >= 4 is 11.6 Å². The van der Waals surface area contributed by atoms with Crippen molar-refractivity contribution in [1.29, 1.82) is 0 Å². The SMILES string of the molecule is CC[C@H](C)c1ccc(NC(=O)COc2cccc3c2OC(C)(C)C3)cc1. The Morgan fingerprint density at radius 3 is 2.65 bits per heavy atom. The largest absolute Gasteiger partial charge is 0.483 e. The molecule has 0 spiro atoms. The van der Waals surface area contributed by atoms with Gasteiger partial charge in [0.25, 0.3) is 5.91 Å². The summed E-state index contributed by atoms with van der Waals surface area (Å²) in [6.45, 7) is 8.42. The summed E-state index contributed by atoms with van der Waals surface area (Å²) < 4.78 is 11.7. The summed E-state index contributed by atoms with van der Waals surface area (Å²) in [7, 11) is 0. The number of fused-ring (bicyclic) bond motifs is 1. The predicted molar refractivity (Wildman–Crippen MR) is 104 cm³/mol. The molecule has 4 heteroatoms. The second-order valence-electron chi connectivity index (χ2n) is 7.55. The molecular formula is C22H27NO3. The van der Waals surface area contributed by atoms with Crippen molar-refractivity contribution in [2.45, 2.75) is 52.1 Å². The fraction of sp³-hybridized carbons (Fsp3) is 0.409. The van der Waals surface area contributed by atoms with Gasteiger partial charge in [-0.1, -0.05) is 38.1 Å². The molecule has 2 aromatic carbocycles. The van der Waals surface area contributed by atoms with Crippen molar-refractivity contribution in [2.75, 3.05) is 11.9 Å². The Labute approximate surface area is 155 Å². The van der Waals surface area contributed by atoms with Crippen LogP contribution in [0.3, 0.4) is 0 Å². The highest BCUT2D eigenvalue weighted by Gasteiger charge is 2.32. The van der Waals surface area contributed by atoms with Crippen LogP contribution in [0, 0.1) is 0 Å². The van der Waals surface area contributed by atoms with Gasteiger partial charge in [-0.3, -0.25) is 4.79 Å². The number of hydrogen-bond acceptors (Lipinski definition) is 3. The third kappa shape index (κ3) is 4.18. The summed E-state index contributed by atoms with van der Waals surface area (Å²) in [6.07, 6.45) is 1.94. The minimum absolute atomic E-state index is 0.0483. The molecule has 138 valence electrons. The maximum atomic E-state index is 12.2. The molecule has 1 aliphatic rings. The quantitative estimate of drug-likeness (QED) is 0.801. The van der Waals surface area contributed by atoms with E-state index in [0.717, 1.165) is 29.8 Å². The van der Waals surface area contributed by atoms with Crippen LogP contribution in [-0.4, -0.2) is 18.1 Å². The Hall–Kier alpha value is -2.49. The first kappa shape index (κ1) is 18.3. The van der Waals surface area contributed by atoms with Crippen molar-refractivity contribution in [1.82, 2.24) is 0 Å². The van der Waals surface area contributed by atoms with E-state index in [0.29, 0.717) is 11.7 Å². The van der Waals surface area contributed by atoms with E-state index in [4.69, 9.17) is 9.47 Å². The highest BCUT2D eigenvalue weighted by atomic mass is 16.5. The summed E-state index contributed by atoms with van der Waals surface area (Å²) in [5.74, 6) is 1.71. The Morgan fingerprint density at radius 1 is 1.23 bits per heavy atom. The molecule has 0 saturated heterocycles. The van der Waals surface area contributed by atoms with Crippen LogP contribution in [0.2, 0.25) is 0 Å². The van der Waals surface area contributed by atoms with Crippen molar-refractivity contribution in [2.24, 2.45) is 0 Å². The lowest BCUT2D eigenvalue weighted by atomic mass is 9.99. The maximum Gasteiger partial charge on any atom is 0.262 e. The molecule has 4 nitrogen and oxygen atoms in total. The highest BCUT2D eigenvalue weighted by molar-refractivity contribution is 5.91. The van der Waals surface area contributed by atoms with Crippen LogP contribution in [0.4, 0.5) is 5.69 Å². The Bertz CT molecular complexity index is 780. The summed E-state index contributed by atoms with van der Waals surface area (Å²) in [5, 5.41) is 2.88. The van der Waals surface area contributed by atoms with Crippen molar-refractivity contribution in [3.8, 4) is 11.5 Å². The zero-order valence-corrected chi connectivity index (χ0v) is 16.0. The molecule has 1 aliphatic heterocycles. The summed E-state index contributed by atoms with van der Waals surface area (Å²) in [6, 6.07) is 13.8. The van der Waals surface area contributed by atoms with Gasteiger partial charge in [0.1, 0.15) is 5.60 Å². The van der Waals surface area contributed by atoms with Crippen LogP contribution in [0.15, 0.2) is 42.5 Å². The number of para-hydroxylation sites is 1. The number of anilines is 1. The van der Waals surface area contributed by atoms with Gasteiger partial charge in [0.05, 0.1) is 0 Å². The van der Waals surface area contributed by atoms with E-state index in [1.54, 1.807) is 0 Å². The monoisotopic (exact) mass is 353 g/mol. The number of carbonyl (C=O) groups excluding carboxylic acids is 1. The Morgan fingerprint density at radius 2 is 1.96 bits per heavy atom. The van der Waals surface area contributed by atoms with Crippen LogP contribution in [0.5, 0.6) is 11.5 Å². The number of benzene rings is 2. The second-order valence-corrected chi connectivity index (χ2v) is 7.55. The molecule has 1 amide bonds. The molecule has 0 aliphatic carbocycles. The average Bonchev–Trinajstić information content (AvgIpc) is 2.94. The number of nitrogens with one attached hydrogen (secondary N) is 1. The first-order valence-electron chi connectivity index (χ1n) is 9.21. The molecule has 1 atom stereocenters. The summed E-state index contributed by atoms with van der Waals surface area (Å²) in [4.78, 5) is 12.2. The van der Waals surface area contributed by atoms with Gasteiger partial charge in [-0.05, 0) is 49.9 Å². The van der Waals surface area contributed by atoms with Crippen molar-refractivity contribution in [3.63, 3.8) is 0 Å². The molecule has 0 aromatic heterocycles. The zero-order valence-electron chi connectivity index (χ0n) is 16.0. The predicted octanol–water partition coefficient (Wildman–Crippen LogP) is 4.93. The van der Waals surface area contributed by atoms with E-state index in [9.17, 15) is 4.79 Å². The smallest absolute Gasteiger partial charge is 0.262 e. The number of hydrogen-bond donors (Lipinski definition) is 1. The standard InChI is InChI=1S/C22H27NO3/c1-5-15(2)16-9-11-18(12-10-16)23-20(24)14-25-19-8-6-7-17-13-22(3,4)26-21(17)19/h6-12,15H,5,13-14H2,1-4H3,(H,23,24)/t15-/m0/s1. The first-order chi connectivity index (χ1) is 12.4. The molecule has 1 N–H and O–H groups in total. The molecule has 26 heavy (non-hydrogen) atoms. The second kappa shape index (κ2) is 7.40. The van der Waals surface area contributed by atoms with Gasteiger partial charge in [-0.15, -0.1) is 0 Å². The lowest BCUT2D eigenvalue weighted by molar-refractivity contribution is -0.118. The van der Waals surface area contributed by atoms with Crippen molar-refractivity contribution < 1.29 is 14.3 Å². The molecular weight excluding hydrogens is 326 g/mol. The fourth-order valence-corrected chi connectivity index (χ4v) is 3.17. The molecule has 0 radical (unpaired) electrons. The minimum Gasteiger partial charge on any atom is -0.483 e. The average molecular weight is 353 g/mol. The van der Waals surface area contributed by atoms with E-state index < -0.39 is 0 Å². The van der Waals surface area contributed by atoms with Crippen LogP contribution >= 0.6 is 0 Å². The Balaban J connectivity index is 1.58. The zero-order chi connectivity index (χ0) is 18.7. The molecule has 0 unspecified atom stereocenters. The fourth-order valence-electron chi connectivity index (χ4n) is 3.17. The molecule has 0 bridgehead atoms. The lowest BCUT2D eigenvalue weighted by Gasteiger charge is -2.18. The number of rotatable bonds is 6. The highest BCUT2D eigenvalue weighted by Crippen LogP contribution is 2.41. The van der Waals surface area contributed by atoms with Gasteiger partial charge in [-0.25, -0.2) is 0 Å². The van der Waals surface area contributed by atoms with Gasteiger partial charge in [0.2, 0.25) is 0 Å². The van der Waals surface area contributed by atoms with Gasteiger partial charge in [0.15, 0.2) is 18.1 Å². The van der Waals surface area contributed by atoms with Crippen LogP contribution < -0.4 is 14.8 Å². The van der Waals surface area contributed by atoms with Gasteiger partial charge < -0.3 is 14.8 Å². The summed E-state index contributed by atoms with van der Waals surface area (Å²) in [5.41, 5.74) is 2.94. The van der Waals surface area contributed by atoms with E-state index >= 15 is 0 Å². The van der Waals surface area contributed by atoms with Crippen molar-refractivity contribution in [3.05, 3.63) is 53.6 Å². The first-order valence-corrected chi connectivity index (χ1v) is 9.21. The molecule has 3 rings (SSSR count). The number of carbonyl (C=O) groups is 1. The normalized spacial score (nSPS) is 15.7. The molecule has 1 heterocycles. The third-order valence-corrected chi connectivity index (χ3v) is 4.79. The van der Waals surface area contributed by atoms with Gasteiger partial charge in [-0.2, -0.15) is 0 Å². The van der Waals surface area contributed by atoms with E-state index in [1.807, 2.05) is 44.2 Å². The van der Waals surface area contributed by atoms with E-state index in [2.05, 4.69) is 31.3 Å². The topological polar surface area (TPSA) is 47.6 Å². The Kier molecular flexibility index (Phi) is 5.21. The minimum atomic E-state index is -0.235. The number of ether oxygens (including phenoxy) is 2. The van der Waals surface area contributed by atoms with E-state index in [1.165, 1.54) is 5.56 Å². The lowest BCUT2D eigenvalue weighted by Crippen LogP contribution is -2.25. The van der Waals surface area contributed by atoms with Crippen LogP contribution in [0.1, 0.15) is 51.2 Å². The third-order valence-electron chi connectivity index (χ3n) is 4.79. The van der Waals surface area contributed by atoms with E-state index in [-0.39, 0.29) is 18.1 Å². The molecule has 0 saturated carbocycles. The number of amides is 1. The molecule has 2 aromatic rings. The summed E-state index contributed by atoms with van der Waals surface area (Å²) >= 11 is 0.